The number of nitrogens with zero attached hydrogens (tertiary/aromatic N) is 2. The quantitative estimate of drug-likeness (QED) is 0.587. The molecule has 2 rings (SSSR count). The first-order valence-electron chi connectivity index (χ1n) is 6.97. The van der Waals surface area contributed by atoms with Crippen molar-refractivity contribution < 1.29 is 9.53 Å². The number of amides is 1. The Morgan fingerprint density at radius 3 is 2.86 bits per heavy atom. The molecule has 4 nitrogen and oxygen atoms in total. The fourth-order valence-electron chi connectivity index (χ4n) is 2.22. The Hall–Kier alpha value is -2.28. The Balaban J connectivity index is 2.25. The molecule has 1 aromatic heterocycles. The first kappa shape index (κ1) is 15.1. The van der Waals surface area contributed by atoms with Gasteiger partial charge < -0.3 is 4.74 Å². The summed E-state index contributed by atoms with van der Waals surface area (Å²) in [5.41, 5.74) is 1.13. The van der Waals surface area contributed by atoms with E-state index in [2.05, 4.69) is 17.0 Å². The number of hydrogen-bond donors (Lipinski definition) is 0. The molecule has 1 amide bonds. The maximum Gasteiger partial charge on any atom is 0.411 e. The molecule has 0 saturated heterocycles. The molecule has 1 aliphatic rings. The lowest BCUT2D eigenvalue weighted by molar-refractivity contribution is 0.0175. The van der Waals surface area contributed by atoms with Gasteiger partial charge in [-0.05, 0) is 38.8 Å². The Morgan fingerprint density at radius 1 is 1.43 bits per heavy atom. The van der Waals surface area contributed by atoms with Crippen molar-refractivity contribution in [2.24, 2.45) is 0 Å². The smallest absolute Gasteiger partial charge is 0.411 e. The van der Waals surface area contributed by atoms with Crippen LogP contribution in [0.4, 0.5) is 4.79 Å². The van der Waals surface area contributed by atoms with Crippen molar-refractivity contribution >= 4 is 6.09 Å². The minimum atomic E-state index is -0.512. The van der Waals surface area contributed by atoms with Crippen molar-refractivity contribution in [3.63, 3.8) is 0 Å². The maximum absolute atomic E-state index is 12.4. The normalized spacial score (nSPS) is 18.2. The first-order chi connectivity index (χ1) is 9.90. The Kier molecular flexibility index (Phi) is 4.32. The molecular weight excluding hydrogens is 264 g/mol. The van der Waals surface area contributed by atoms with E-state index in [1.807, 2.05) is 32.9 Å². The summed E-state index contributed by atoms with van der Waals surface area (Å²) in [5.74, 6) is 2.57. The van der Waals surface area contributed by atoms with Crippen LogP contribution in [0.25, 0.3) is 0 Å². The predicted molar refractivity (Wildman–Crippen MR) is 81.6 cm³/mol. The minimum absolute atomic E-state index is 0.0920. The maximum atomic E-state index is 12.4. The monoisotopic (exact) mass is 284 g/mol. The van der Waals surface area contributed by atoms with E-state index in [9.17, 15) is 4.79 Å². The number of ether oxygens (including phenoxy) is 1. The molecule has 2 heterocycles. The van der Waals surface area contributed by atoms with Crippen molar-refractivity contribution in [2.45, 2.75) is 38.8 Å². The number of rotatable bonds is 1. The van der Waals surface area contributed by atoms with E-state index >= 15 is 0 Å². The molecule has 1 unspecified atom stereocenters. The highest BCUT2D eigenvalue weighted by molar-refractivity contribution is 5.69. The second-order valence-electron chi connectivity index (χ2n) is 6.01. The molecule has 1 atom stereocenters. The van der Waals surface area contributed by atoms with Gasteiger partial charge in [-0.15, -0.1) is 6.42 Å². The van der Waals surface area contributed by atoms with Gasteiger partial charge in [-0.3, -0.25) is 9.88 Å². The molecule has 4 heteroatoms. The second kappa shape index (κ2) is 6.01. The van der Waals surface area contributed by atoms with E-state index in [1.165, 1.54) is 0 Å². The lowest BCUT2D eigenvalue weighted by Crippen LogP contribution is -2.40. The van der Waals surface area contributed by atoms with Gasteiger partial charge in [0.1, 0.15) is 5.60 Å². The number of terminal acetylenes is 1. The van der Waals surface area contributed by atoms with E-state index in [1.54, 1.807) is 17.3 Å². The number of carbonyl (C=O) groups excluding carboxylic acids is 1. The molecule has 0 saturated carbocycles. The van der Waals surface area contributed by atoms with Crippen LogP contribution < -0.4 is 0 Å². The number of aromatic nitrogens is 1. The Bertz CT molecular complexity index is 594. The van der Waals surface area contributed by atoms with E-state index in [-0.39, 0.29) is 12.1 Å². The van der Waals surface area contributed by atoms with E-state index < -0.39 is 5.60 Å². The summed E-state index contributed by atoms with van der Waals surface area (Å²) in [6, 6.07) is 1.81. The standard InChI is InChI=1S/C17H20N2O2/c1-5-13-10-14(12-18-11-13)15-8-6-7-9-19(15)16(20)21-17(2,3)4/h1,6-7,10-12,15H,8-9H2,2-4H3. The van der Waals surface area contributed by atoms with Crippen LogP contribution in [0.2, 0.25) is 0 Å². The average molecular weight is 284 g/mol. The number of pyridine rings is 1. The summed E-state index contributed by atoms with van der Waals surface area (Å²) in [6.07, 6.45) is 13.3. The van der Waals surface area contributed by atoms with Gasteiger partial charge in [-0.1, -0.05) is 18.1 Å². The van der Waals surface area contributed by atoms with Crippen molar-refractivity contribution in [3.05, 3.63) is 41.7 Å². The fourth-order valence-corrected chi connectivity index (χ4v) is 2.22. The van der Waals surface area contributed by atoms with Crippen LogP contribution in [0.1, 0.15) is 44.4 Å². The lowest BCUT2D eigenvalue weighted by Gasteiger charge is -2.34. The van der Waals surface area contributed by atoms with Gasteiger partial charge in [0.2, 0.25) is 0 Å². The molecule has 1 aromatic rings. The molecule has 0 aromatic carbocycles. The minimum Gasteiger partial charge on any atom is -0.444 e. The number of carbonyl (C=O) groups is 1. The first-order valence-corrected chi connectivity index (χ1v) is 6.97. The van der Waals surface area contributed by atoms with Crippen molar-refractivity contribution in [1.82, 2.24) is 9.88 Å². The molecule has 0 N–H and O–H groups in total. The molecule has 0 bridgehead atoms. The lowest BCUT2D eigenvalue weighted by atomic mass is 10.00. The third kappa shape index (κ3) is 3.85. The van der Waals surface area contributed by atoms with E-state index in [0.29, 0.717) is 12.1 Å². The van der Waals surface area contributed by atoms with E-state index in [0.717, 1.165) is 12.0 Å². The fraction of sp³-hybridized carbons (Fsp3) is 0.412. The van der Waals surface area contributed by atoms with Crippen LogP contribution in [0.5, 0.6) is 0 Å². The largest absolute Gasteiger partial charge is 0.444 e. The van der Waals surface area contributed by atoms with Crippen LogP contribution in [-0.2, 0) is 4.74 Å². The van der Waals surface area contributed by atoms with E-state index in [4.69, 9.17) is 11.2 Å². The van der Waals surface area contributed by atoms with Gasteiger partial charge in [0.25, 0.3) is 0 Å². The molecule has 0 fully saturated rings. The molecule has 1 aliphatic heterocycles. The highest BCUT2D eigenvalue weighted by Crippen LogP contribution is 2.29. The van der Waals surface area contributed by atoms with Gasteiger partial charge in [-0.2, -0.15) is 0 Å². The zero-order valence-corrected chi connectivity index (χ0v) is 12.7. The third-order valence-corrected chi connectivity index (χ3v) is 3.14. The average Bonchev–Trinajstić information content (AvgIpc) is 2.45. The zero-order valence-electron chi connectivity index (χ0n) is 12.7. The summed E-state index contributed by atoms with van der Waals surface area (Å²) in [6.45, 7) is 6.11. The van der Waals surface area contributed by atoms with Gasteiger partial charge in [0.05, 0.1) is 6.04 Å². The van der Waals surface area contributed by atoms with Crippen molar-refractivity contribution in [1.29, 1.82) is 0 Å². The summed E-state index contributed by atoms with van der Waals surface area (Å²) in [4.78, 5) is 18.2. The zero-order chi connectivity index (χ0) is 15.5. The highest BCUT2D eigenvalue weighted by atomic mass is 16.6. The Morgan fingerprint density at radius 2 is 2.19 bits per heavy atom. The van der Waals surface area contributed by atoms with Gasteiger partial charge in [-0.25, -0.2) is 4.79 Å². The summed E-state index contributed by atoms with van der Waals surface area (Å²) in [5, 5.41) is 0. The summed E-state index contributed by atoms with van der Waals surface area (Å²) < 4.78 is 5.48. The van der Waals surface area contributed by atoms with Crippen LogP contribution >= 0.6 is 0 Å². The van der Waals surface area contributed by atoms with Gasteiger partial charge >= 0.3 is 6.09 Å². The van der Waals surface area contributed by atoms with Crippen LogP contribution in [0, 0.1) is 12.3 Å². The molecule has 0 aliphatic carbocycles. The van der Waals surface area contributed by atoms with Crippen molar-refractivity contribution in [2.75, 3.05) is 6.54 Å². The molecule has 21 heavy (non-hydrogen) atoms. The molecular formula is C17H20N2O2. The highest BCUT2D eigenvalue weighted by Gasteiger charge is 2.29. The van der Waals surface area contributed by atoms with Gasteiger partial charge in [0, 0.05) is 24.5 Å². The van der Waals surface area contributed by atoms with Crippen LogP contribution in [-0.4, -0.2) is 28.1 Å². The molecule has 0 radical (unpaired) electrons. The SMILES string of the molecule is C#Cc1cncc(C2CC=CCN2C(=O)OC(C)(C)C)c1. The third-order valence-electron chi connectivity index (χ3n) is 3.14. The molecule has 110 valence electrons. The number of hydrogen-bond acceptors (Lipinski definition) is 3. The second-order valence-corrected chi connectivity index (χ2v) is 6.01. The van der Waals surface area contributed by atoms with Crippen molar-refractivity contribution in [3.8, 4) is 12.3 Å². The Labute approximate surface area is 125 Å². The summed E-state index contributed by atoms with van der Waals surface area (Å²) in [7, 11) is 0. The van der Waals surface area contributed by atoms with Crippen LogP contribution in [0.3, 0.4) is 0 Å². The molecule has 0 spiro atoms. The topological polar surface area (TPSA) is 42.4 Å². The summed E-state index contributed by atoms with van der Waals surface area (Å²) >= 11 is 0. The van der Waals surface area contributed by atoms with Crippen LogP contribution in [0.15, 0.2) is 30.6 Å². The van der Waals surface area contributed by atoms with Gasteiger partial charge in [0.15, 0.2) is 0 Å². The predicted octanol–water partition coefficient (Wildman–Crippen LogP) is 3.30.